The highest BCUT2D eigenvalue weighted by Gasteiger charge is 2.12. The Hall–Kier alpha value is -2.65. The van der Waals surface area contributed by atoms with Gasteiger partial charge in [-0.2, -0.15) is 5.26 Å². The van der Waals surface area contributed by atoms with Crippen LogP contribution < -0.4 is 10.1 Å². The SMILES string of the molecule is N#Cc1ccccc1OCC(=O)NC(=O)c1cccs1. The van der Waals surface area contributed by atoms with Gasteiger partial charge >= 0.3 is 0 Å². The molecule has 20 heavy (non-hydrogen) atoms. The first-order valence-corrected chi connectivity index (χ1v) is 6.58. The monoisotopic (exact) mass is 286 g/mol. The van der Waals surface area contributed by atoms with Crippen molar-refractivity contribution >= 4 is 23.2 Å². The Bertz CT molecular complexity index is 659. The van der Waals surface area contributed by atoms with E-state index in [-0.39, 0.29) is 6.61 Å². The molecule has 2 aromatic rings. The van der Waals surface area contributed by atoms with Gasteiger partial charge in [-0.3, -0.25) is 14.9 Å². The van der Waals surface area contributed by atoms with Gasteiger partial charge in [0.25, 0.3) is 11.8 Å². The van der Waals surface area contributed by atoms with Crippen LogP contribution in [-0.2, 0) is 4.79 Å². The fourth-order valence-electron chi connectivity index (χ4n) is 1.46. The van der Waals surface area contributed by atoms with Gasteiger partial charge in [0, 0.05) is 0 Å². The molecule has 1 heterocycles. The lowest BCUT2D eigenvalue weighted by Crippen LogP contribution is -2.34. The van der Waals surface area contributed by atoms with Crippen LogP contribution in [0.1, 0.15) is 15.2 Å². The Morgan fingerprint density at radius 1 is 1.25 bits per heavy atom. The Morgan fingerprint density at radius 2 is 2.05 bits per heavy atom. The van der Waals surface area contributed by atoms with Crippen molar-refractivity contribution < 1.29 is 14.3 Å². The van der Waals surface area contributed by atoms with Crippen molar-refractivity contribution in [3.63, 3.8) is 0 Å². The first-order chi connectivity index (χ1) is 9.70. The molecular weight excluding hydrogens is 276 g/mol. The average Bonchev–Trinajstić information content (AvgIpc) is 2.99. The second-order valence-corrected chi connectivity index (χ2v) is 4.70. The quantitative estimate of drug-likeness (QED) is 0.931. The van der Waals surface area contributed by atoms with E-state index in [2.05, 4.69) is 5.32 Å². The number of carbonyl (C=O) groups excluding carboxylic acids is 2. The second kappa shape index (κ2) is 6.50. The number of para-hydroxylation sites is 1. The summed E-state index contributed by atoms with van der Waals surface area (Å²) >= 11 is 1.25. The molecule has 2 rings (SSSR count). The van der Waals surface area contributed by atoms with E-state index >= 15 is 0 Å². The van der Waals surface area contributed by atoms with Crippen LogP contribution in [0.4, 0.5) is 0 Å². The molecule has 0 atom stereocenters. The van der Waals surface area contributed by atoms with Crippen LogP contribution in [0.15, 0.2) is 41.8 Å². The molecule has 1 N–H and O–H groups in total. The number of nitrogens with zero attached hydrogens (tertiary/aromatic N) is 1. The summed E-state index contributed by atoms with van der Waals surface area (Å²) in [7, 11) is 0. The number of hydrogen-bond donors (Lipinski definition) is 1. The highest BCUT2D eigenvalue weighted by Crippen LogP contribution is 2.16. The zero-order valence-corrected chi connectivity index (χ0v) is 11.1. The minimum atomic E-state index is -0.559. The lowest BCUT2D eigenvalue weighted by molar-refractivity contribution is -0.122. The van der Waals surface area contributed by atoms with Crippen LogP contribution in [-0.4, -0.2) is 18.4 Å². The summed E-state index contributed by atoms with van der Waals surface area (Å²) < 4.78 is 5.22. The first kappa shape index (κ1) is 13.8. The zero-order chi connectivity index (χ0) is 14.4. The number of nitrogens with one attached hydrogen (secondary N) is 1. The van der Waals surface area contributed by atoms with Crippen LogP contribution in [0, 0.1) is 11.3 Å². The van der Waals surface area contributed by atoms with Crippen LogP contribution >= 0.6 is 11.3 Å². The molecule has 0 bridgehead atoms. The number of rotatable bonds is 4. The third-order valence-electron chi connectivity index (χ3n) is 2.36. The number of ether oxygens (including phenoxy) is 1. The third kappa shape index (κ3) is 3.43. The number of nitriles is 1. The molecule has 0 saturated carbocycles. The number of benzene rings is 1. The van der Waals surface area contributed by atoms with Crippen molar-refractivity contribution in [2.75, 3.05) is 6.61 Å². The number of hydrogen-bond acceptors (Lipinski definition) is 5. The molecule has 0 spiro atoms. The van der Waals surface area contributed by atoms with Gasteiger partial charge in [-0.15, -0.1) is 11.3 Å². The summed E-state index contributed by atoms with van der Waals surface area (Å²) in [5.41, 5.74) is 0.338. The maximum absolute atomic E-state index is 11.6. The van der Waals surface area contributed by atoms with E-state index in [9.17, 15) is 9.59 Å². The molecule has 0 radical (unpaired) electrons. The summed E-state index contributed by atoms with van der Waals surface area (Å²) in [4.78, 5) is 23.7. The molecule has 0 unspecified atom stereocenters. The van der Waals surface area contributed by atoms with E-state index in [0.29, 0.717) is 16.2 Å². The summed E-state index contributed by atoms with van der Waals surface area (Å²) in [6, 6.07) is 11.9. The van der Waals surface area contributed by atoms with Crippen LogP contribution in [0.2, 0.25) is 0 Å². The molecule has 0 aliphatic carbocycles. The van der Waals surface area contributed by atoms with Gasteiger partial charge in [0.2, 0.25) is 0 Å². The van der Waals surface area contributed by atoms with Crippen LogP contribution in [0.5, 0.6) is 5.75 Å². The van der Waals surface area contributed by atoms with E-state index in [1.165, 1.54) is 11.3 Å². The van der Waals surface area contributed by atoms with E-state index in [1.54, 1.807) is 41.8 Å². The molecule has 1 aromatic heterocycles. The largest absolute Gasteiger partial charge is 0.482 e. The molecule has 0 aliphatic rings. The topological polar surface area (TPSA) is 79.2 Å². The Labute approximate surface area is 119 Å². The molecule has 0 saturated heterocycles. The van der Waals surface area contributed by atoms with Gasteiger partial charge in [0.1, 0.15) is 11.8 Å². The first-order valence-electron chi connectivity index (χ1n) is 5.70. The van der Waals surface area contributed by atoms with Crippen LogP contribution in [0.25, 0.3) is 0 Å². The van der Waals surface area contributed by atoms with Gasteiger partial charge in [0.05, 0.1) is 10.4 Å². The molecule has 5 nitrogen and oxygen atoms in total. The van der Waals surface area contributed by atoms with Crippen molar-refractivity contribution in [3.8, 4) is 11.8 Å². The summed E-state index contributed by atoms with van der Waals surface area (Å²) in [5.74, 6) is -0.702. The van der Waals surface area contributed by atoms with E-state index in [0.717, 1.165) is 0 Å². The number of carbonyl (C=O) groups is 2. The van der Waals surface area contributed by atoms with E-state index in [1.807, 2.05) is 6.07 Å². The fourth-order valence-corrected chi connectivity index (χ4v) is 2.08. The van der Waals surface area contributed by atoms with E-state index in [4.69, 9.17) is 10.00 Å². The van der Waals surface area contributed by atoms with Crippen molar-refractivity contribution in [1.82, 2.24) is 5.32 Å². The van der Waals surface area contributed by atoms with Gasteiger partial charge in [-0.1, -0.05) is 18.2 Å². The van der Waals surface area contributed by atoms with E-state index < -0.39 is 11.8 Å². The summed E-state index contributed by atoms with van der Waals surface area (Å²) in [6.45, 7) is -0.324. The molecule has 0 fully saturated rings. The highest BCUT2D eigenvalue weighted by atomic mass is 32.1. The van der Waals surface area contributed by atoms with Crippen LogP contribution in [0.3, 0.4) is 0 Å². The normalized spacial score (nSPS) is 9.55. The number of amides is 2. The molecule has 1 aromatic carbocycles. The Morgan fingerprint density at radius 3 is 2.75 bits per heavy atom. The van der Waals surface area contributed by atoms with Gasteiger partial charge < -0.3 is 4.74 Å². The molecule has 6 heteroatoms. The molecule has 100 valence electrons. The summed E-state index contributed by atoms with van der Waals surface area (Å²) in [5, 5.41) is 12.8. The van der Waals surface area contributed by atoms with Gasteiger partial charge in [-0.25, -0.2) is 0 Å². The highest BCUT2D eigenvalue weighted by molar-refractivity contribution is 7.12. The maximum atomic E-state index is 11.6. The number of thiophene rings is 1. The predicted molar refractivity (Wildman–Crippen MR) is 73.4 cm³/mol. The summed E-state index contributed by atoms with van der Waals surface area (Å²) in [6.07, 6.45) is 0. The fraction of sp³-hybridized carbons (Fsp3) is 0.0714. The zero-order valence-electron chi connectivity index (χ0n) is 10.3. The maximum Gasteiger partial charge on any atom is 0.268 e. The van der Waals surface area contributed by atoms with Crippen molar-refractivity contribution in [2.24, 2.45) is 0 Å². The predicted octanol–water partition coefficient (Wildman–Crippen LogP) is 1.96. The lowest BCUT2D eigenvalue weighted by atomic mass is 10.2. The number of imide groups is 1. The molecule has 2 amide bonds. The van der Waals surface area contributed by atoms with Gasteiger partial charge in [-0.05, 0) is 23.6 Å². The minimum absolute atomic E-state index is 0.314. The molecular formula is C14H10N2O3S. The molecule has 0 aliphatic heterocycles. The van der Waals surface area contributed by atoms with Crippen molar-refractivity contribution in [2.45, 2.75) is 0 Å². The second-order valence-electron chi connectivity index (χ2n) is 3.75. The third-order valence-corrected chi connectivity index (χ3v) is 3.23. The van der Waals surface area contributed by atoms with Crippen molar-refractivity contribution in [3.05, 3.63) is 52.2 Å². The lowest BCUT2D eigenvalue weighted by Gasteiger charge is -2.07. The van der Waals surface area contributed by atoms with Crippen molar-refractivity contribution in [1.29, 1.82) is 5.26 Å². The minimum Gasteiger partial charge on any atom is -0.482 e. The van der Waals surface area contributed by atoms with Gasteiger partial charge in [0.15, 0.2) is 6.61 Å². The smallest absolute Gasteiger partial charge is 0.268 e. The Balaban J connectivity index is 1.90. The standard InChI is InChI=1S/C14H10N2O3S/c15-8-10-4-1-2-5-11(10)19-9-13(17)16-14(18)12-6-3-7-20-12/h1-7H,9H2,(H,16,17,18). The Kier molecular flexibility index (Phi) is 4.47. The average molecular weight is 286 g/mol.